The molecule has 3 N–H and O–H groups in total. The number of rotatable bonds is 3. The maximum Gasteiger partial charge on any atom is 0.298 e. The monoisotopic (exact) mass is 512 g/mol. The Morgan fingerprint density at radius 2 is 1.69 bits per heavy atom. The molecule has 190 valence electrons. The van der Waals surface area contributed by atoms with Crippen LogP contribution >= 0.6 is 0 Å². The highest BCUT2D eigenvalue weighted by atomic mass is 16.5. The molecule has 0 amide bonds. The number of fused-ring (bicyclic) bond motifs is 3. The standard InChI is InChI=1S/C31H24N6O2/c1-17-13-14-22-21(15-17)24(19-9-5-3-6-10-19)27(35-22)30(38)37-31-23(18(2)36-37)25(20-11-7-4-8-12-20)26-28(32)33-16-34-29(26)39-31/h3-16,25,35H,1-2H3,(H2,32,33,34). The summed E-state index contributed by atoms with van der Waals surface area (Å²) < 4.78 is 7.62. The molecule has 1 unspecified atom stereocenters. The number of carbonyl (C=O) groups excluding carboxylic acids is 1. The van der Waals surface area contributed by atoms with E-state index >= 15 is 0 Å². The van der Waals surface area contributed by atoms with Crippen LogP contribution in [0, 0.1) is 13.8 Å². The summed E-state index contributed by atoms with van der Waals surface area (Å²) in [7, 11) is 0. The second-order valence-electron chi connectivity index (χ2n) is 9.73. The SMILES string of the molecule is Cc1ccc2[nH]c(C(=O)n3nc(C)c4c3Oc3ncnc(N)c3C4c3ccccc3)c(-c3ccccc3)c2c1. The second kappa shape index (κ2) is 8.66. The highest BCUT2D eigenvalue weighted by Gasteiger charge is 2.39. The number of benzene rings is 3. The van der Waals surface area contributed by atoms with Crippen LogP contribution in [-0.4, -0.2) is 30.6 Å². The Morgan fingerprint density at radius 3 is 2.46 bits per heavy atom. The third-order valence-electron chi connectivity index (χ3n) is 7.27. The molecular weight excluding hydrogens is 488 g/mol. The van der Waals surface area contributed by atoms with E-state index in [2.05, 4.69) is 21.0 Å². The summed E-state index contributed by atoms with van der Waals surface area (Å²) in [5.74, 6) is 0.297. The van der Waals surface area contributed by atoms with E-state index in [1.54, 1.807) is 0 Å². The van der Waals surface area contributed by atoms with E-state index in [4.69, 9.17) is 15.6 Å². The van der Waals surface area contributed by atoms with Crippen molar-refractivity contribution in [3.63, 3.8) is 0 Å². The van der Waals surface area contributed by atoms with Gasteiger partial charge in [0.1, 0.15) is 17.8 Å². The van der Waals surface area contributed by atoms with Gasteiger partial charge in [-0.1, -0.05) is 72.3 Å². The molecule has 0 radical (unpaired) electrons. The molecule has 1 atom stereocenters. The lowest BCUT2D eigenvalue weighted by molar-refractivity contribution is 0.0931. The number of H-pyrrole nitrogens is 1. The number of nitrogen functional groups attached to an aromatic ring is 1. The quantitative estimate of drug-likeness (QED) is 0.301. The minimum Gasteiger partial charge on any atom is -0.420 e. The summed E-state index contributed by atoms with van der Waals surface area (Å²) in [6.07, 6.45) is 1.37. The Balaban J connectivity index is 1.45. The molecule has 0 bridgehead atoms. The summed E-state index contributed by atoms with van der Waals surface area (Å²) in [5.41, 5.74) is 13.6. The Bertz CT molecular complexity index is 1890. The van der Waals surface area contributed by atoms with E-state index < -0.39 is 0 Å². The topological polar surface area (TPSA) is 112 Å². The fourth-order valence-corrected chi connectivity index (χ4v) is 5.52. The number of nitrogens with zero attached hydrogens (tertiary/aromatic N) is 4. The number of nitrogens with two attached hydrogens (primary N) is 1. The molecule has 0 fully saturated rings. The summed E-state index contributed by atoms with van der Waals surface area (Å²) in [5, 5.41) is 5.68. The first-order valence-corrected chi connectivity index (χ1v) is 12.7. The number of anilines is 1. The number of aryl methyl sites for hydroxylation is 2. The van der Waals surface area contributed by atoms with Gasteiger partial charge in [0.15, 0.2) is 0 Å². The van der Waals surface area contributed by atoms with Crippen molar-refractivity contribution < 1.29 is 9.53 Å². The van der Waals surface area contributed by atoms with Crippen molar-refractivity contribution in [2.75, 3.05) is 5.73 Å². The van der Waals surface area contributed by atoms with Crippen molar-refractivity contribution in [1.29, 1.82) is 0 Å². The molecule has 3 aromatic carbocycles. The predicted octanol–water partition coefficient (Wildman–Crippen LogP) is 5.99. The number of aromatic amines is 1. The van der Waals surface area contributed by atoms with Crippen LogP contribution in [0.25, 0.3) is 22.0 Å². The van der Waals surface area contributed by atoms with Crippen LogP contribution in [0.5, 0.6) is 11.8 Å². The molecule has 0 saturated heterocycles. The minimum atomic E-state index is -0.341. The lowest BCUT2D eigenvalue weighted by atomic mass is 9.84. The van der Waals surface area contributed by atoms with Crippen LogP contribution in [0.15, 0.2) is 85.2 Å². The van der Waals surface area contributed by atoms with E-state index in [1.807, 2.05) is 86.6 Å². The van der Waals surface area contributed by atoms with Crippen molar-refractivity contribution in [3.8, 4) is 22.9 Å². The normalized spacial score (nSPS) is 14.1. The zero-order chi connectivity index (χ0) is 26.7. The van der Waals surface area contributed by atoms with Gasteiger partial charge in [-0.3, -0.25) is 4.79 Å². The van der Waals surface area contributed by atoms with E-state index in [9.17, 15) is 4.79 Å². The molecule has 39 heavy (non-hydrogen) atoms. The molecule has 0 spiro atoms. The molecule has 1 aliphatic heterocycles. The van der Waals surface area contributed by atoms with Crippen molar-refractivity contribution >= 4 is 22.6 Å². The zero-order valence-corrected chi connectivity index (χ0v) is 21.3. The van der Waals surface area contributed by atoms with E-state index in [1.165, 1.54) is 11.0 Å². The molecule has 8 heteroatoms. The number of ether oxygens (including phenoxy) is 1. The first-order valence-electron chi connectivity index (χ1n) is 12.7. The van der Waals surface area contributed by atoms with Crippen LogP contribution in [-0.2, 0) is 0 Å². The Morgan fingerprint density at radius 1 is 0.949 bits per heavy atom. The first-order chi connectivity index (χ1) is 19.0. The Hall–Kier alpha value is -5.24. The van der Waals surface area contributed by atoms with Gasteiger partial charge >= 0.3 is 0 Å². The van der Waals surface area contributed by atoms with E-state index in [0.29, 0.717) is 34.5 Å². The third-order valence-corrected chi connectivity index (χ3v) is 7.27. The molecule has 1 aliphatic rings. The molecule has 0 saturated carbocycles. The average molecular weight is 513 g/mol. The van der Waals surface area contributed by atoms with Crippen LogP contribution in [0.3, 0.4) is 0 Å². The highest BCUT2D eigenvalue weighted by Crippen LogP contribution is 2.49. The average Bonchev–Trinajstić information content (AvgIpc) is 3.50. The van der Waals surface area contributed by atoms with Crippen molar-refractivity contribution in [2.24, 2.45) is 0 Å². The molecule has 4 heterocycles. The maximum atomic E-state index is 14.3. The van der Waals surface area contributed by atoms with Crippen molar-refractivity contribution in [2.45, 2.75) is 19.8 Å². The number of hydrogen-bond donors (Lipinski definition) is 2. The maximum absolute atomic E-state index is 14.3. The number of carbonyl (C=O) groups is 1. The van der Waals surface area contributed by atoms with Gasteiger partial charge < -0.3 is 15.5 Å². The number of nitrogens with one attached hydrogen (secondary N) is 1. The molecule has 7 rings (SSSR count). The lowest BCUT2D eigenvalue weighted by Crippen LogP contribution is -2.20. The largest absolute Gasteiger partial charge is 0.420 e. The van der Waals surface area contributed by atoms with Crippen molar-refractivity contribution in [3.05, 3.63) is 119 Å². The predicted molar refractivity (Wildman–Crippen MR) is 149 cm³/mol. The van der Waals surface area contributed by atoms with Gasteiger partial charge in [0.25, 0.3) is 5.91 Å². The highest BCUT2D eigenvalue weighted by molar-refractivity contribution is 6.10. The van der Waals surface area contributed by atoms with Gasteiger partial charge in [0, 0.05) is 16.5 Å². The molecule has 3 aromatic heterocycles. The third kappa shape index (κ3) is 3.53. The van der Waals surface area contributed by atoms with Crippen LogP contribution < -0.4 is 10.5 Å². The first kappa shape index (κ1) is 22.9. The fraction of sp³-hybridized carbons (Fsp3) is 0.0968. The van der Waals surface area contributed by atoms with Crippen LogP contribution in [0.1, 0.15) is 44.4 Å². The zero-order valence-electron chi connectivity index (χ0n) is 21.3. The molecular formula is C31H24N6O2. The fourth-order valence-electron chi connectivity index (χ4n) is 5.52. The van der Waals surface area contributed by atoms with Gasteiger partial charge in [-0.2, -0.15) is 9.78 Å². The van der Waals surface area contributed by atoms with Gasteiger partial charge in [-0.15, -0.1) is 0 Å². The number of aromatic nitrogens is 5. The molecule has 0 aliphatic carbocycles. The summed E-state index contributed by atoms with van der Waals surface area (Å²) in [6, 6.07) is 25.9. The smallest absolute Gasteiger partial charge is 0.298 e. The van der Waals surface area contributed by atoms with Gasteiger partial charge in [0.2, 0.25) is 11.8 Å². The summed E-state index contributed by atoms with van der Waals surface area (Å²) in [6.45, 7) is 3.91. The van der Waals surface area contributed by atoms with Gasteiger partial charge in [0.05, 0.1) is 22.7 Å². The van der Waals surface area contributed by atoms with Gasteiger partial charge in [-0.25, -0.2) is 9.97 Å². The molecule has 8 nitrogen and oxygen atoms in total. The van der Waals surface area contributed by atoms with Crippen LogP contribution in [0.4, 0.5) is 5.82 Å². The summed E-state index contributed by atoms with van der Waals surface area (Å²) >= 11 is 0. The Labute approximate surface area is 224 Å². The lowest BCUT2D eigenvalue weighted by Gasteiger charge is -2.26. The second-order valence-corrected chi connectivity index (χ2v) is 9.73. The summed E-state index contributed by atoms with van der Waals surface area (Å²) in [4.78, 5) is 26.3. The Kier molecular flexibility index (Phi) is 5.09. The number of hydrogen-bond acceptors (Lipinski definition) is 6. The van der Waals surface area contributed by atoms with Crippen LogP contribution in [0.2, 0.25) is 0 Å². The van der Waals surface area contributed by atoms with Gasteiger partial charge in [-0.05, 0) is 37.1 Å². The molecule has 6 aromatic rings. The van der Waals surface area contributed by atoms with Crippen molar-refractivity contribution in [1.82, 2.24) is 24.7 Å². The minimum absolute atomic E-state index is 0.313. The van der Waals surface area contributed by atoms with E-state index in [-0.39, 0.29) is 11.8 Å². The van der Waals surface area contributed by atoms with E-state index in [0.717, 1.165) is 38.7 Å².